The molecule has 8 heteroatoms. The molecule has 0 N–H and O–H groups in total. The number of hydrogen-bond acceptors (Lipinski definition) is 6. The molecule has 1 aliphatic heterocycles. The molecule has 112 valence electrons. The van der Waals surface area contributed by atoms with E-state index in [2.05, 4.69) is 9.97 Å². The lowest BCUT2D eigenvalue weighted by Gasteiger charge is -2.15. The molecule has 0 amide bonds. The zero-order valence-corrected chi connectivity index (χ0v) is 14.0. The van der Waals surface area contributed by atoms with E-state index in [1.54, 1.807) is 23.5 Å². The summed E-state index contributed by atoms with van der Waals surface area (Å²) in [6.45, 7) is 3.16. The minimum Gasteiger partial charge on any atom is -0.248 e. The van der Waals surface area contributed by atoms with Crippen LogP contribution in [0.3, 0.4) is 0 Å². The van der Waals surface area contributed by atoms with Gasteiger partial charge in [-0.3, -0.25) is 0 Å². The van der Waals surface area contributed by atoms with Crippen LogP contribution in [-0.4, -0.2) is 35.8 Å². The van der Waals surface area contributed by atoms with Crippen molar-refractivity contribution in [3.8, 4) is 0 Å². The molecule has 0 aliphatic carbocycles. The highest BCUT2D eigenvalue weighted by Gasteiger charge is 2.27. The van der Waals surface area contributed by atoms with Gasteiger partial charge in [-0.1, -0.05) is 0 Å². The molecule has 5 nitrogen and oxygen atoms in total. The van der Waals surface area contributed by atoms with E-state index >= 15 is 0 Å². The van der Waals surface area contributed by atoms with E-state index in [-0.39, 0.29) is 4.90 Å². The van der Waals surface area contributed by atoms with Gasteiger partial charge in [0.2, 0.25) is 10.0 Å². The molecule has 2 aromatic heterocycles. The van der Waals surface area contributed by atoms with E-state index < -0.39 is 10.0 Å². The summed E-state index contributed by atoms with van der Waals surface area (Å²) in [5.74, 6) is 0. The van der Waals surface area contributed by atoms with Crippen LogP contribution in [0.1, 0.15) is 18.5 Å². The molecule has 3 rings (SSSR count). The predicted octanol–water partition coefficient (Wildman–Crippen LogP) is 2.78. The average Bonchev–Trinajstić information content (AvgIpc) is 3.11. The van der Waals surface area contributed by atoms with Gasteiger partial charge < -0.3 is 0 Å². The maximum absolute atomic E-state index is 12.4. The number of aryl methyl sites for hydroxylation is 1. The van der Waals surface area contributed by atoms with Gasteiger partial charge in [0.15, 0.2) is 4.34 Å². The highest BCUT2D eigenvalue weighted by atomic mass is 32.2. The SMILES string of the molecule is Cc1csc(Sc2ccc(S(=O)(=O)N3CCCC3)cn2)n1. The summed E-state index contributed by atoms with van der Waals surface area (Å²) in [6.07, 6.45) is 3.31. The molecule has 0 spiro atoms. The quantitative estimate of drug-likeness (QED) is 0.856. The Morgan fingerprint density at radius 2 is 2.05 bits per heavy atom. The van der Waals surface area contributed by atoms with Gasteiger partial charge in [-0.2, -0.15) is 4.31 Å². The molecule has 21 heavy (non-hydrogen) atoms. The summed E-state index contributed by atoms with van der Waals surface area (Å²) in [4.78, 5) is 8.87. The topological polar surface area (TPSA) is 63.2 Å². The monoisotopic (exact) mass is 341 g/mol. The molecule has 0 unspecified atom stereocenters. The minimum absolute atomic E-state index is 0.268. The molecule has 0 saturated carbocycles. The van der Waals surface area contributed by atoms with Crippen molar-refractivity contribution in [2.24, 2.45) is 0 Å². The molecule has 1 fully saturated rings. The van der Waals surface area contributed by atoms with Crippen LogP contribution in [0.15, 0.2) is 38.0 Å². The third-order valence-electron chi connectivity index (χ3n) is 3.20. The van der Waals surface area contributed by atoms with Gasteiger partial charge in [-0.25, -0.2) is 18.4 Å². The lowest BCUT2D eigenvalue weighted by atomic mass is 10.4. The van der Waals surface area contributed by atoms with E-state index in [9.17, 15) is 8.42 Å². The van der Waals surface area contributed by atoms with Gasteiger partial charge in [0.05, 0.1) is 0 Å². The van der Waals surface area contributed by atoms with Crippen molar-refractivity contribution >= 4 is 33.1 Å². The van der Waals surface area contributed by atoms with E-state index in [1.165, 1.54) is 22.3 Å². The highest BCUT2D eigenvalue weighted by Crippen LogP contribution is 2.29. The molecule has 0 bridgehead atoms. The number of pyridine rings is 1. The third kappa shape index (κ3) is 3.28. The Balaban J connectivity index is 1.77. The van der Waals surface area contributed by atoms with Crippen LogP contribution in [-0.2, 0) is 10.0 Å². The smallest absolute Gasteiger partial charge is 0.244 e. The van der Waals surface area contributed by atoms with Crippen molar-refractivity contribution in [1.82, 2.24) is 14.3 Å². The van der Waals surface area contributed by atoms with Crippen LogP contribution in [0.25, 0.3) is 0 Å². The lowest BCUT2D eigenvalue weighted by molar-refractivity contribution is 0.477. The van der Waals surface area contributed by atoms with Crippen molar-refractivity contribution in [3.63, 3.8) is 0 Å². The first-order valence-corrected chi connectivity index (χ1v) is 9.75. The van der Waals surface area contributed by atoms with Crippen molar-refractivity contribution < 1.29 is 8.42 Å². The second-order valence-corrected chi connectivity index (χ2v) is 8.86. The summed E-state index contributed by atoms with van der Waals surface area (Å²) in [5, 5.41) is 2.74. The largest absolute Gasteiger partial charge is 0.248 e. The average molecular weight is 341 g/mol. The molecule has 0 aromatic carbocycles. The first-order chi connectivity index (χ1) is 10.1. The third-order valence-corrected chi connectivity index (χ3v) is 7.09. The number of rotatable bonds is 4. The number of sulfonamides is 1. The van der Waals surface area contributed by atoms with Crippen molar-refractivity contribution in [1.29, 1.82) is 0 Å². The Morgan fingerprint density at radius 1 is 1.29 bits per heavy atom. The van der Waals surface area contributed by atoms with Crippen LogP contribution in [0.5, 0.6) is 0 Å². The molecule has 0 radical (unpaired) electrons. The van der Waals surface area contributed by atoms with E-state index in [0.29, 0.717) is 13.1 Å². The summed E-state index contributed by atoms with van der Waals surface area (Å²) in [6, 6.07) is 3.37. The number of thiazole rings is 1. The van der Waals surface area contributed by atoms with Gasteiger partial charge in [-0.15, -0.1) is 11.3 Å². The van der Waals surface area contributed by atoms with Gasteiger partial charge in [0.25, 0.3) is 0 Å². The maximum Gasteiger partial charge on any atom is 0.244 e. The zero-order valence-electron chi connectivity index (χ0n) is 11.5. The lowest BCUT2D eigenvalue weighted by Crippen LogP contribution is -2.27. The fraction of sp³-hybridized carbons (Fsp3) is 0.385. The van der Waals surface area contributed by atoms with Crippen molar-refractivity contribution in [3.05, 3.63) is 29.4 Å². The molecule has 3 heterocycles. The summed E-state index contributed by atoms with van der Waals surface area (Å²) >= 11 is 3.01. The Kier molecular flexibility index (Phi) is 4.30. The normalized spacial score (nSPS) is 16.4. The summed E-state index contributed by atoms with van der Waals surface area (Å²) in [5.41, 5.74) is 0.982. The Bertz CT molecular complexity index is 719. The number of nitrogens with zero attached hydrogens (tertiary/aromatic N) is 3. The zero-order chi connectivity index (χ0) is 14.9. The fourth-order valence-electron chi connectivity index (χ4n) is 2.13. The standard InChI is InChI=1S/C13H15N3O2S3/c1-10-9-19-13(15-10)20-12-5-4-11(8-14-12)21(17,18)16-6-2-3-7-16/h4-5,8-9H,2-3,6-7H2,1H3. The van der Waals surface area contributed by atoms with Crippen molar-refractivity contribution in [2.75, 3.05) is 13.1 Å². The van der Waals surface area contributed by atoms with Crippen LogP contribution < -0.4 is 0 Å². The van der Waals surface area contributed by atoms with E-state index in [1.807, 2.05) is 12.3 Å². The van der Waals surface area contributed by atoms with Crippen molar-refractivity contribution in [2.45, 2.75) is 34.0 Å². The Hall–Kier alpha value is -0.960. The molecule has 2 aromatic rings. The maximum atomic E-state index is 12.4. The number of aromatic nitrogens is 2. The minimum atomic E-state index is -3.38. The van der Waals surface area contributed by atoms with E-state index in [0.717, 1.165) is 27.9 Å². The summed E-state index contributed by atoms with van der Waals surface area (Å²) in [7, 11) is -3.38. The fourth-order valence-corrected chi connectivity index (χ4v) is 5.31. The van der Waals surface area contributed by atoms with Gasteiger partial charge >= 0.3 is 0 Å². The van der Waals surface area contributed by atoms with Gasteiger partial charge in [-0.05, 0) is 43.7 Å². The van der Waals surface area contributed by atoms with Gasteiger partial charge in [0.1, 0.15) is 9.92 Å². The summed E-state index contributed by atoms with van der Waals surface area (Å²) < 4.78 is 27.2. The van der Waals surface area contributed by atoms with Crippen LogP contribution in [0.4, 0.5) is 0 Å². The molecule has 1 aliphatic rings. The highest BCUT2D eigenvalue weighted by molar-refractivity contribution is 8.01. The van der Waals surface area contributed by atoms with Crippen LogP contribution in [0, 0.1) is 6.92 Å². The first kappa shape index (κ1) is 15.0. The Labute approximate surface area is 132 Å². The molecular formula is C13H15N3O2S3. The molecule has 0 atom stereocenters. The van der Waals surface area contributed by atoms with Crippen LogP contribution >= 0.6 is 23.1 Å². The second kappa shape index (κ2) is 6.04. The van der Waals surface area contributed by atoms with E-state index in [4.69, 9.17) is 0 Å². The predicted molar refractivity (Wildman–Crippen MR) is 83.2 cm³/mol. The molecule has 1 saturated heterocycles. The Morgan fingerprint density at radius 3 is 2.62 bits per heavy atom. The van der Waals surface area contributed by atoms with Gasteiger partial charge in [0, 0.05) is 30.4 Å². The first-order valence-electron chi connectivity index (χ1n) is 6.62. The number of hydrogen-bond donors (Lipinski definition) is 0. The van der Waals surface area contributed by atoms with Crippen LogP contribution in [0.2, 0.25) is 0 Å². The second-order valence-electron chi connectivity index (χ2n) is 4.80. The molecular weight excluding hydrogens is 326 g/mol.